The molecule has 0 aliphatic heterocycles. The zero-order chi connectivity index (χ0) is 19.2. The lowest BCUT2D eigenvalue weighted by Gasteiger charge is -2.22. The summed E-state index contributed by atoms with van der Waals surface area (Å²) in [5.41, 5.74) is 1.81. The Kier molecular flexibility index (Phi) is 6.85. The standard InChI is InChI=1S/C20H25ClN4OS/c1-3-5-11-24(12-6-4-2)18(26)13-17-14-27-20-22-19(23-25(17)20)15-7-9-16(21)10-8-15/h7-10,14H,3-6,11-13H2,1-2H3. The molecule has 0 aliphatic rings. The number of rotatable bonds is 9. The molecule has 7 heteroatoms. The van der Waals surface area contributed by atoms with Gasteiger partial charge in [0.1, 0.15) is 0 Å². The summed E-state index contributed by atoms with van der Waals surface area (Å²) in [5, 5.41) is 7.28. The van der Waals surface area contributed by atoms with Crippen molar-refractivity contribution in [2.45, 2.75) is 46.0 Å². The first-order chi connectivity index (χ1) is 13.1. The number of unbranched alkanes of at least 4 members (excludes halogenated alkanes) is 2. The first-order valence-corrected chi connectivity index (χ1v) is 10.7. The first-order valence-electron chi connectivity index (χ1n) is 9.49. The van der Waals surface area contributed by atoms with E-state index < -0.39 is 0 Å². The number of thiazole rings is 1. The number of hydrogen-bond acceptors (Lipinski definition) is 4. The van der Waals surface area contributed by atoms with E-state index in [4.69, 9.17) is 11.6 Å². The van der Waals surface area contributed by atoms with E-state index in [1.165, 1.54) is 11.3 Å². The van der Waals surface area contributed by atoms with Gasteiger partial charge >= 0.3 is 0 Å². The van der Waals surface area contributed by atoms with Gasteiger partial charge in [-0.3, -0.25) is 4.79 Å². The molecule has 0 aliphatic carbocycles. The smallest absolute Gasteiger partial charge is 0.228 e. The SMILES string of the molecule is CCCCN(CCCC)C(=O)Cc1csc2nc(-c3ccc(Cl)cc3)nn12. The third-order valence-corrected chi connectivity index (χ3v) is 5.62. The molecule has 0 unspecified atom stereocenters. The van der Waals surface area contributed by atoms with Crippen LogP contribution in [0.15, 0.2) is 29.6 Å². The molecule has 144 valence electrons. The van der Waals surface area contributed by atoms with Gasteiger partial charge in [0.25, 0.3) is 0 Å². The van der Waals surface area contributed by atoms with E-state index in [1.54, 1.807) is 4.52 Å². The van der Waals surface area contributed by atoms with Crippen LogP contribution >= 0.6 is 22.9 Å². The van der Waals surface area contributed by atoms with Crippen LogP contribution in [0.5, 0.6) is 0 Å². The molecular weight excluding hydrogens is 380 g/mol. The number of benzene rings is 1. The molecule has 3 aromatic rings. The Morgan fingerprint density at radius 2 is 1.81 bits per heavy atom. The van der Waals surface area contributed by atoms with Crippen LogP contribution in [0.4, 0.5) is 0 Å². The van der Waals surface area contributed by atoms with Crippen molar-refractivity contribution in [2.24, 2.45) is 0 Å². The lowest BCUT2D eigenvalue weighted by molar-refractivity contribution is -0.130. The van der Waals surface area contributed by atoms with Gasteiger partial charge in [0.05, 0.1) is 12.1 Å². The van der Waals surface area contributed by atoms with Crippen LogP contribution in [0.2, 0.25) is 5.02 Å². The van der Waals surface area contributed by atoms with Crippen LogP contribution in [0.3, 0.4) is 0 Å². The molecule has 0 N–H and O–H groups in total. The Hall–Kier alpha value is -1.92. The van der Waals surface area contributed by atoms with Crippen molar-refractivity contribution in [1.82, 2.24) is 19.5 Å². The average molecular weight is 405 g/mol. The molecule has 27 heavy (non-hydrogen) atoms. The number of fused-ring (bicyclic) bond motifs is 1. The number of hydrogen-bond donors (Lipinski definition) is 0. The maximum atomic E-state index is 12.8. The Morgan fingerprint density at radius 1 is 1.15 bits per heavy atom. The maximum Gasteiger partial charge on any atom is 0.228 e. The summed E-state index contributed by atoms with van der Waals surface area (Å²) >= 11 is 7.47. The molecule has 0 fully saturated rings. The molecule has 2 aromatic heterocycles. The van der Waals surface area contributed by atoms with Gasteiger partial charge in [0, 0.05) is 29.1 Å². The van der Waals surface area contributed by atoms with Gasteiger partial charge in [-0.15, -0.1) is 16.4 Å². The third kappa shape index (κ3) is 4.87. The molecule has 0 spiro atoms. The van der Waals surface area contributed by atoms with Crippen LogP contribution in [0.25, 0.3) is 16.3 Å². The zero-order valence-electron chi connectivity index (χ0n) is 15.8. The quantitative estimate of drug-likeness (QED) is 0.499. The van der Waals surface area contributed by atoms with Crippen molar-refractivity contribution in [3.63, 3.8) is 0 Å². The van der Waals surface area contributed by atoms with Crippen molar-refractivity contribution >= 4 is 33.8 Å². The molecule has 1 aromatic carbocycles. The third-order valence-electron chi connectivity index (χ3n) is 4.50. The van der Waals surface area contributed by atoms with E-state index in [0.29, 0.717) is 17.3 Å². The van der Waals surface area contributed by atoms with Gasteiger partial charge in [-0.05, 0) is 37.1 Å². The summed E-state index contributed by atoms with van der Waals surface area (Å²) in [6.45, 7) is 5.96. The fourth-order valence-corrected chi connectivity index (χ4v) is 3.84. The zero-order valence-corrected chi connectivity index (χ0v) is 17.4. The van der Waals surface area contributed by atoms with Gasteiger partial charge in [-0.2, -0.15) is 4.98 Å². The van der Waals surface area contributed by atoms with Crippen molar-refractivity contribution in [1.29, 1.82) is 0 Å². The van der Waals surface area contributed by atoms with Crippen LogP contribution in [-0.2, 0) is 11.2 Å². The number of halogens is 1. The number of carbonyl (C=O) groups excluding carboxylic acids is 1. The molecular formula is C20H25ClN4OS. The average Bonchev–Trinajstić information content (AvgIpc) is 3.24. The first kappa shape index (κ1) is 19.8. The highest BCUT2D eigenvalue weighted by molar-refractivity contribution is 7.15. The number of amides is 1. The van der Waals surface area contributed by atoms with Crippen LogP contribution in [-0.4, -0.2) is 38.5 Å². The van der Waals surface area contributed by atoms with Gasteiger partial charge in [-0.25, -0.2) is 4.52 Å². The van der Waals surface area contributed by atoms with Gasteiger partial charge in [0.2, 0.25) is 10.9 Å². The minimum absolute atomic E-state index is 0.167. The monoisotopic (exact) mass is 404 g/mol. The van der Waals surface area contributed by atoms with Crippen molar-refractivity contribution in [3.05, 3.63) is 40.4 Å². The van der Waals surface area contributed by atoms with Crippen LogP contribution in [0.1, 0.15) is 45.2 Å². The van der Waals surface area contributed by atoms with E-state index in [9.17, 15) is 4.79 Å². The summed E-state index contributed by atoms with van der Waals surface area (Å²) < 4.78 is 1.80. The highest BCUT2D eigenvalue weighted by Gasteiger charge is 2.18. The minimum atomic E-state index is 0.167. The molecule has 1 amide bonds. The summed E-state index contributed by atoms with van der Waals surface area (Å²) in [6.07, 6.45) is 4.62. The number of carbonyl (C=O) groups is 1. The fourth-order valence-electron chi connectivity index (χ4n) is 2.90. The Balaban J connectivity index is 1.77. The fraction of sp³-hybridized carbons (Fsp3) is 0.450. The Morgan fingerprint density at radius 3 is 2.44 bits per heavy atom. The highest BCUT2D eigenvalue weighted by atomic mass is 35.5. The van der Waals surface area contributed by atoms with E-state index >= 15 is 0 Å². The Labute approximate surface area is 169 Å². The van der Waals surface area contributed by atoms with E-state index in [2.05, 4.69) is 23.9 Å². The van der Waals surface area contributed by atoms with Crippen LogP contribution in [0, 0.1) is 0 Å². The van der Waals surface area contributed by atoms with E-state index in [-0.39, 0.29) is 5.91 Å². The van der Waals surface area contributed by atoms with Gasteiger partial charge < -0.3 is 4.90 Å². The summed E-state index contributed by atoms with van der Waals surface area (Å²) in [6, 6.07) is 7.47. The number of nitrogens with zero attached hydrogens (tertiary/aromatic N) is 4. The summed E-state index contributed by atoms with van der Waals surface area (Å²) in [4.78, 5) is 20.2. The number of aromatic nitrogens is 3. The minimum Gasteiger partial charge on any atom is -0.342 e. The maximum absolute atomic E-state index is 12.8. The normalized spacial score (nSPS) is 11.2. The van der Waals surface area contributed by atoms with E-state index in [1.807, 2.05) is 34.5 Å². The predicted octanol–water partition coefficient (Wildman–Crippen LogP) is 5.08. The summed E-state index contributed by atoms with van der Waals surface area (Å²) in [7, 11) is 0. The molecule has 0 bridgehead atoms. The van der Waals surface area contributed by atoms with Gasteiger partial charge in [-0.1, -0.05) is 38.3 Å². The predicted molar refractivity (Wildman–Crippen MR) is 111 cm³/mol. The molecule has 0 saturated heterocycles. The highest BCUT2D eigenvalue weighted by Crippen LogP contribution is 2.23. The second-order valence-corrected chi connectivity index (χ2v) is 7.90. The molecule has 0 atom stereocenters. The molecule has 0 saturated carbocycles. The molecule has 0 radical (unpaired) electrons. The van der Waals surface area contributed by atoms with Crippen molar-refractivity contribution in [3.8, 4) is 11.4 Å². The lowest BCUT2D eigenvalue weighted by atomic mass is 10.2. The molecule has 2 heterocycles. The second-order valence-electron chi connectivity index (χ2n) is 6.63. The second kappa shape index (κ2) is 9.33. The largest absolute Gasteiger partial charge is 0.342 e. The lowest BCUT2D eigenvalue weighted by Crippen LogP contribution is -2.34. The van der Waals surface area contributed by atoms with E-state index in [0.717, 1.165) is 55.0 Å². The topological polar surface area (TPSA) is 50.5 Å². The van der Waals surface area contributed by atoms with Crippen molar-refractivity contribution in [2.75, 3.05) is 13.1 Å². The van der Waals surface area contributed by atoms with Crippen LogP contribution < -0.4 is 0 Å². The molecule has 5 nitrogen and oxygen atoms in total. The van der Waals surface area contributed by atoms with Gasteiger partial charge in [0.15, 0.2) is 5.82 Å². The molecule has 3 rings (SSSR count). The van der Waals surface area contributed by atoms with Crippen molar-refractivity contribution < 1.29 is 4.79 Å². The Bertz CT molecular complexity index is 879. The summed E-state index contributed by atoms with van der Waals surface area (Å²) in [5.74, 6) is 0.821.